The second kappa shape index (κ2) is 10.4. The van der Waals surface area contributed by atoms with Crippen LogP contribution in [0.4, 0.5) is 5.69 Å². The first-order chi connectivity index (χ1) is 13.6. The van der Waals surface area contributed by atoms with E-state index in [1.165, 1.54) is 37.9 Å². The predicted octanol–water partition coefficient (Wildman–Crippen LogP) is 3.07. The molecule has 1 aromatic rings. The number of para-hydroxylation sites is 1. The summed E-state index contributed by atoms with van der Waals surface area (Å²) < 4.78 is 0. The minimum absolute atomic E-state index is 0.104. The minimum Gasteiger partial charge on any atom is -0.325 e. The van der Waals surface area contributed by atoms with Gasteiger partial charge in [0.15, 0.2) is 0 Å². The van der Waals surface area contributed by atoms with Gasteiger partial charge in [0.25, 0.3) is 0 Å². The predicted molar refractivity (Wildman–Crippen MR) is 117 cm³/mol. The molecule has 156 valence electrons. The second-order valence-electron chi connectivity index (χ2n) is 8.62. The number of benzene rings is 1. The Bertz CT molecular complexity index is 625. The number of carbonyl (C=O) groups is 1. The molecule has 2 aliphatic heterocycles. The summed E-state index contributed by atoms with van der Waals surface area (Å²) in [5, 5.41) is 3.10. The molecule has 0 spiro atoms. The standard InChI is InChI=1S/C23H38N4O/c1-4-20-9-5-6-11-22(20)24-23(28)18-26-15-13-25(14-16-26)17-21-10-7-8-12-27(21)19(2)3/h5-6,9,11,19,21H,4,7-8,10,12-18H2,1-3H3,(H,24,28). The third kappa shape index (κ3) is 5.79. The number of hydrogen-bond acceptors (Lipinski definition) is 4. The molecular weight excluding hydrogens is 348 g/mol. The van der Waals surface area contributed by atoms with E-state index < -0.39 is 0 Å². The average molecular weight is 387 g/mol. The molecule has 1 unspecified atom stereocenters. The van der Waals surface area contributed by atoms with E-state index in [0.29, 0.717) is 18.6 Å². The van der Waals surface area contributed by atoms with Crippen molar-refractivity contribution in [2.24, 2.45) is 0 Å². The van der Waals surface area contributed by atoms with Crippen molar-refractivity contribution in [3.8, 4) is 0 Å². The van der Waals surface area contributed by atoms with Crippen LogP contribution < -0.4 is 5.32 Å². The number of carbonyl (C=O) groups excluding carboxylic acids is 1. The number of aryl methyl sites for hydroxylation is 1. The Morgan fingerprint density at radius 1 is 1.07 bits per heavy atom. The van der Waals surface area contributed by atoms with Crippen molar-refractivity contribution in [2.75, 3.05) is 51.1 Å². The second-order valence-corrected chi connectivity index (χ2v) is 8.62. The van der Waals surface area contributed by atoms with E-state index in [4.69, 9.17) is 0 Å². The quantitative estimate of drug-likeness (QED) is 0.782. The van der Waals surface area contributed by atoms with Crippen LogP contribution in [0.25, 0.3) is 0 Å². The number of amides is 1. The fourth-order valence-corrected chi connectivity index (χ4v) is 4.67. The summed E-state index contributed by atoms with van der Waals surface area (Å²) in [6, 6.07) is 9.44. The van der Waals surface area contributed by atoms with Gasteiger partial charge in [-0.2, -0.15) is 0 Å². The van der Waals surface area contributed by atoms with E-state index in [0.717, 1.165) is 38.3 Å². The zero-order chi connectivity index (χ0) is 19.9. The summed E-state index contributed by atoms with van der Waals surface area (Å²) in [7, 11) is 0. The summed E-state index contributed by atoms with van der Waals surface area (Å²) in [6.45, 7) is 13.8. The number of likely N-dealkylation sites (tertiary alicyclic amines) is 1. The Hall–Kier alpha value is -1.43. The molecule has 2 aliphatic rings. The number of piperazine rings is 1. The van der Waals surface area contributed by atoms with E-state index in [2.05, 4.69) is 46.9 Å². The van der Waals surface area contributed by atoms with Crippen LogP contribution in [0, 0.1) is 0 Å². The van der Waals surface area contributed by atoms with Crippen LogP contribution in [-0.2, 0) is 11.2 Å². The highest BCUT2D eigenvalue weighted by molar-refractivity contribution is 5.93. The van der Waals surface area contributed by atoms with Gasteiger partial charge in [-0.25, -0.2) is 0 Å². The molecule has 3 rings (SSSR count). The normalized spacial score (nSPS) is 22.5. The Morgan fingerprint density at radius 2 is 1.79 bits per heavy atom. The maximum Gasteiger partial charge on any atom is 0.238 e. The highest BCUT2D eigenvalue weighted by Gasteiger charge is 2.28. The van der Waals surface area contributed by atoms with E-state index in [9.17, 15) is 4.79 Å². The highest BCUT2D eigenvalue weighted by Crippen LogP contribution is 2.21. The molecule has 0 bridgehead atoms. The number of rotatable bonds is 7. The summed E-state index contributed by atoms with van der Waals surface area (Å²) in [5.74, 6) is 0.104. The van der Waals surface area contributed by atoms with Gasteiger partial charge in [0, 0.05) is 50.5 Å². The fraction of sp³-hybridized carbons (Fsp3) is 0.696. The number of nitrogens with one attached hydrogen (secondary N) is 1. The maximum absolute atomic E-state index is 12.5. The molecule has 5 nitrogen and oxygen atoms in total. The molecule has 0 aliphatic carbocycles. The summed E-state index contributed by atoms with van der Waals surface area (Å²) in [6.07, 6.45) is 4.98. The van der Waals surface area contributed by atoms with Crippen LogP contribution >= 0.6 is 0 Å². The zero-order valence-corrected chi connectivity index (χ0v) is 18.0. The van der Waals surface area contributed by atoms with Crippen molar-refractivity contribution >= 4 is 11.6 Å². The number of nitrogens with zero attached hydrogens (tertiary/aromatic N) is 3. The molecule has 1 N–H and O–H groups in total. The maximum atomic E-state index is 12.5. The van der Waals surface area contributed by atoms with E-state index >= 15 is 0 Å². The van der Waals surface area contributed by atoms with Gasteiger partial charge in [-0.1, -0.05) is 31.5 Å². The van der Waals surface area contributed by atoms with Crippen LogP contribution in [-0.4, -0.2) is 78.5 Å². The molecule has 0 saturated carbocycles. The summed E-state index contributed by atoms with van der Waals surface area (Å²) in [5.41, 5.74) is 2.16. The third-order valence-electron chi connectivity index (χ3n) is 6.31. The van der Waals surface area contributed by atoms with Crippen molar-refractivity contribution in [3.05, 3.63) is 29.8 Å². The molecule has 2 fully saturated rings. The first-order valence-electron chi connectivity index (χ1n) is 11.1. The minimum atomic E-state index is 0.104. The van der Waals surface area contributed by atoms with Crippen LogP contribution in [0.15, 0.2) is 24.3 Å². The molecule has 5 heteroatoms. The van der Waals surface area contributed by atoms with E-state index in [1.807, 2.05) is 18.2 Å². The van der Waals surface area contributed by atoms with E-state index in [-0.39, 0.29) is 5.91 Å². The fourth-order valence-electron chi connectivity index (χ4n) is 4.67. The molecule has 0 aromatic heterocycles. The molecule has 28 heavy (non-hydrogen) atoms. The first-order valence-corrected chi connectivity index (χ1v) is 11.1. The Morgan fingerprint density at radius 3 is 2.50 bits per heavy atom. The largest absolute Gasteiger partial charge is 0.325 e. The molecule has 0 radical (unpaired) electrons. The first kappa shape index (κ1) is 21.3. The molecule has 2 saturated heterocycles. The number of piperidine rings is 1. The topological polar surface area (TPSA) is 38.8 Å². The molecule has 2 heterocycles. The van der Waals surface area contributed by atoms with Crippen molar-refractivity contribution < 1.29 is 4.79 Å². The van der Waals surface area contributed by atoms with Crippen LogP contribution in [0.5, 0.6) is 0 Å². The van der Waals surface area contributed by atoms with Crippen molar-refractivity contribution in [2.45, 2.75) is 58.5 Å². The molecule has 1 amide bonds. The monoisotopic (exact) mass is 386 g/mol. The van der Waals surface area contributed by atoms with Gasteiger partial charge >= 0.3 is 0 Å². The SMILES string of the molecule is CCc1ccccc1NC(=O)CN1CCN(CC2CCCCN2C(C)C)CC1. The lowest BCUT2D eigenvalue weighted by atomic mass is 9.99. The molecular formula is C23H38N4O. The number of anilines is 1. The summed E-state index contributed by atoms with van der Waals surface area (Å²) in [4.78, 5) is 20.1. The van der Waals surface area contributed by atoms with Gasteiger partial charge in [0.2, 0.25) is 5.91 Å². The molecule has 1 aromatic carbocycles. The van der Waals surface area contributed by atoms with E-state index in [1.54, 1.807) is 0 Å². The highest BCUT2D eigenvalue weighted by atomic mass is 16.2. The smallest absolute Gasteiger partial charge is 0.238 e. The lowest BCUT2D eigenvalue weighted by Crippen LogP contribution is -2.54. The van der Waals surface area contributed by atoms with Crippen molar-refractivity contribution in [1.82, 2.24) is 14.7 Å². The third-order valence-corrected chi connectivity index (χ3v) is 6.31. The van der Waals surface area contributed by atoms with Gasteiger partial charge < -0.3 is 5.32 Å². The van der Waals surface area contributed by atoms with Gasteiger partial charge in [0.1, 0.15) is 0 Å². The lowest BCUT2D eigenvalue weighted by molar-refractivity contribution is -0.117. The van der Waals surface area contributed by atoms with Gasteiger partial charge in [-0.05, 0) is 51.3 Å². The van der Waals surface area contributed by atoms with Crippen LogP contribution in [0.2, 0.25) is 0 Å². The van der Waals surface area contributed by atoms with Gasteiger partial charge in [0.05, 0.1) is 6.54 Å². The number of hydrogen-bond donors (Lipinski definition) is 1. The Labute approximate surface area is 171 Å². The van der Waals surface area contributed by atoms with Crippen molar-refractivity contribution in [3.63, 3.8) is 0 Å². The van der Waals surface area contributed by atoms with Gasteiger partial charge in [-0.15, -0.1) is 0 Å². The molecule has 1 atom stereocenters. The zero-order valence-electron chi connectivity index (χ0n) is 18.0. The Kier molecular flexibility index (Phi) is 7.89. The summed E-state index contributed by atoms with van der Waals surface area (Å²) >= 11 is 0. The Balaban J connectivity index is 1.43. The van der Waals surface area contributed by atoms with Crippen LogP contribution in [0.1, 0.15) is 45.6 Å². The average Bonchev–Trinajstić information content (AvgIpc) is 2.70. The van der Waals surface area contributed by atoms with Crippen molar-refractivity contribution in [1.29, 1.82) is 0 Å². The van der Waals surface area contributed by atoms with Crippen LogP contribution in [0.3, 0.4) is 0 Å². The lowest BCUT2D eigenvalue weighted by Gasteiger charge is -2.43. The van der Waals surface area contributed by atoms with Gasteiger partial charge in [-0.3, -0.25) is 19.5 Å².